The zero-order chi connectivity index (χ0) is 10.4. The van der Waals surface area contributed by atoms with Gasteiger partial charge < -0.3 is 4.74 Å². The lowest BCUT2D eigenvalue weighted by Crippen LogP contribution is -1.96. The molecule has 1 rings (SSSR count). The third-order valence-corrected chi connectivity index (χ3v) is 1.54. The molecule has 0 heterocycles. The molecule has 1 aromatic rings. The van der Waals surface area contributed by atoms with E-state index in [1.54, 1.807) is 12.1 Å². The van der Waals surface area contributed by atoms with Gasteiger partial charge in [0.15, 0.2) is 0 Å². The van der Waals surface area contributed by atoms with Crippen LogP contribution in [0, 0.1) is 22.5 Å². The van der Waals surface area contributed by atoms with E-state index >= 15 is 0 Å². The van der Waals surface area contributed by atoms with Crippen LogP contribution in [-0.4, -0.2) is 11.5 Å². The Balaban J connectivity index is 2.65. The van der Waals surface area contributed by atoms with E-state index < -0.39 is 4.92 Å². The monoisotopic (exact) mass is 191 g/mol. The summed E-state index contributed by atoms with van der Waals surface area (Å²) in [6, 6.07) is 6.01. The molecule has 0 aliphatic carbocycles. The highest BCUT2D eigenvalue weighted by atomic mass is 16.6. The van der Waals surface area contributed by atoms with Gasteiger partial charge in [-0.15, -0.1) is 12.3 Å². The molecule has 4 heteroatoms. The van der Waals surface area contributed by atoms with Crippen molar-refractivity contribution in [2.24, 2.45) is 0 Å². The predicted octanol–water partition coefficient (Wildman–Crippen LogP) is 2.00. The molecule has 14 heavy (non-hydrogen) atoms. The number of rotatable bonds is 4. The average molecular weight is 191 g/mol. The van der Waals surface area contributed by atoms with Crippen LogP contribution >= 0.6 is 0 Å². The Hall–Kier alpha value is -2.02. The summed E-state index contributed by atoms with van der Waals surface area (Å²) in [5.41, 5.74) is 0.0169. The molecule has 0 bridgehead atoms. The molecule has 1 aromatic carbocycles. The van der Waals surface area contributed by atoms with Gasteiger partial charge in [0, 0.05) is 12.5 Å². The second-order valence-corrected chi connectivity index (χ2v) is 2.56. The van der Waals surface area contributed by atoms with Gasteiger partial charge in [-0.25, -0.2) is 0 Å². The van der Waals surface area contributed by atoms with Crippen molar-refractivity contribution in [3.8, 4) is 18.1 Å². The highest BCUT2D eigenvalue weighted by molar-refractivity contribution is 5.37. The molecule has 0 fully saturated rings. The normalized spacial score (nSPS) is 9.07. The molecule has 0 saturated heterocycles. The molecule has 0 amide bonds. The quantitative estimate of drug-likeness (QED) is 0.316. The third-order valence-electron chi connectivity index (χ3n) is 1.54. The van der Waals surface area contributed by atoms with E-state index in [0.29, 0.717) is 18.8 Å². The zero-order valence-electron chi connectivity index (χ0n) is 7.47. The Morgan fingerprint density at radius 2 is 2.36 bits per heavy atom. The molecule has 0 unspecified atom stereocenters. The number of nitrogens with zero attached hydrogens (tertiary/aromatic N) is 1. The fraction of sp³-hybridized carbons (Fsp3) is 0.200. The molecule has 0 atom stereocenters. The van der Waals surface area contributed by atoms with Gasteiger partial charge in [0.05, 0.1) is 17.6 Å². The van der Waals surface area contributed by atoms with E-state index in [1.807, 2.05) is 0 Å². The minimum Gasteiger partial charge on any atom is -0.492 e. The summed E-state index contributed by atoms with van der Waals surface area (Å²) in [5, 5.41) is 10.4. The number of terminal acetylenes is 1. The van der Waals surface area contributed by atoms with Crippen molar-refractivity contribution in [3.05, 3.63) is 34.4 Å². The Morgan fingerprint density at radius 1 is 1.57 bits per heavy atom. The third kappa shape index (κ3) is 2.79. The van der Waals surface area contributed by atoms with Gasteiger partial charge in [-0.3, -0.25) is 10.1 Å². The summed E-state index contributed by atoms with van der Waals surface area (Å²) in [7, 11) is 0. The molecule has 0 aliphatic heterocycles. The van der Waals surface area contributed by atoms with Crippen LogP contribution in [0.2, 0.25) is 0 Å². The first-order valence-corrected chi connectivity index (χ1v) is 4.05. The summed E-state index contributed by atoms with van der Waals surface area (Å²) >= 11 is 0. The van der Waals surface area contributed by atoms with Crippen LogP contribution in [0.3, 0.4) is 0 Å². The van der Waals surface area contributed by atoms with Crippen molar-refractivity contribution in [1.29, 1.82) is 0 Å². The maximum Gasteiger partial charge on any atom is 0.273 e. The topological polar surface area (TPSA) is 52.4 Å². The summed E-state index contributed by atoms with van der Waals surface area (Å²) in [5.74, 6) is 2.88. The standard InChI is InChI=1S/C10H9NO3/c1-2-3-7-14-10-6-4-5-9(8-10)11(12)13/h1,4-6,8H,3,7H2. The smallest absolute Gasteiger partial charge is 0.273 e. The van der Waals surface area contributed by atoms with Crippen LogP contribution in [0.4, 0.5) is 5.69 Å². The number of hydrogen-bond donors (Lipinski definition) is 0. The van der Waals surface area contributed by atoms with Gasteiger partial charge in [0.1, 0.15) is 5.75 Å². The molecular weight excluding hydrogens is 182 g/mol. The largest absolute Gasteiger partial charge is 0.492 e. The van der Waals surface area contributed by atoms with E-state index in [4.69, 9.17) is 11.2 Å². The van der Waals surface area contributed by atoms with Gasteiger partial charge in [-0.05, 0) is 6.07 Å². The summed E-state index contributed by atoms with van der Waals surface area (Å²) < 4.78 is 5.19. The van der Waals surface area contributed by atoms with Crippen molar-refractivity contribution in [3.63, 3.8) is 0 Å². The van der Waals surface area contributed by atoms with Gasteiger partial charge in [0.25, 0.3) is 5.69 Å². The Morgan fingerprint density at radius 3 is 3.00 bits per heavy atom. The fourth-order valence-electron chi connectivity index (χ4n) is 0.915. The van der Waals surface area contributed by atoms with Crippen molar-refractivity contribution in [1.82, 2.24) is 0 Å². The van der Waals surface area contributed by atoms with Crippen LogP contribution < -0.4 is 4.74 Å². The van der Waals surface area contributed by atoms with Crippen molar-refractivity contribution in [2.75, 3.05) is 6.61 Å². The van der Waals surface area contributed by atoms with E-state index in [2.05, 4.69) is 5.92 Å². The van der Waals surface area contributed by atoms with E-state index in [-0.39, 0.29) is 5.69 Å². The molecule has 4 nitrogen and oxygen atoms in total. The molecule has 0 aromatic heterocycles. The average Bonchev–Trinajstić information content (AvgIpc) is 2.19. The number of benzene rings is 1. The number of non-ortho nitro benzene ring substituents is 1. The van der Waals surface area contributed by atoms with E-state index in [9.17, 15) is 10.1 Å². The first-order chi connectivity index (χ1) is 6.74. The first kappa shape index (κ1) is 10.1. The molecule has 0 radical (unpaired) electrons. The van der Waals surface area contributed by atoms with Crippen LogP contribution in [0.25, 0.3) is 0 Å². The fourth-order valence-corrected chi connectivity index (χ4v) is 0.915. The Labute approximate surface area is 81.7 Å². The Bertz CT molecular complexity index is 368. The maximum absolute atomic E-state index is 10.4. The lowest BCUT2D eigenvalue weighted by Gasteiger charge is -2.02. The molecule has 0 spiro atoms. The second kappa shape index (κ2) is 4.87. The molecule has 0 N–H and O–H groups in total. The van der Waals surface area contributed by atoms with E-state index in [1.165, 1.54) is 12.1 Å². The number of hydrogen-bond acceptors (Lipinski definition) is 3. The zero-order valence-corrected chi connectivity index (χ0v) is 7.47. The second-order valence-electron chi connectivity index (χ2n) is 2.56. The highest BCUT2D eigenvalue weighted by Gasteiger charge is 2.05. The molecular formula is C10H9NO3. The SMILES string of the molecule is C#CCCOc1cccc([N+](=O)[O-])c1. The summed E-state index contributed by atoms with van der Waals surface area (Å²) in [6.45, 7) is 0.373. The van der Waals surface area contributed by atoms with Gasteiger partial charge in [0.2, 0.25) is 0 Å². The summed E-state index contributed by atoms with van der Waals surface area (Å²) in [6.07, 6.45) is 5.52. The lowest BCUT2D eigenvalue weighted by molar-refractivity contribution is -0.384. The van der Waals surface area contributed by atoms with Crippen LogP contribution in [0.15, 0.2) is 24.3 Å². The molecule has 0 saturated carbocycles. The molecule has 0 aliphatic rings. The number of nitro groups is 1. The van der Waals surface area contributed by atoms with Crippen LogP contribution in [0.1, 0.15) is 6.42 Å². The minimum absolute atomic E-state index is 0.0169. The van der Waals surface area contributed by atoms with Crippen molar-refractivity contribution < 1.29 is 9.66 Å². The molecule has 72 valence electrons. The highest BCUT2D eigenvalue weighted by Crippen LogP contribution is 2.18. The van der Waals surface area contributed by atoms with Crippen molar-refractivity contribution >= 4 is 5.69 Å². The first-order valence-electron chi connectivity index (χ1n) is 4.05. The Kier molecular flexibility index (Phi) is 3.50. The minimum atomic E-state index is -0.464. The van der Waals surface area contributed by atoms with Crippen molar-refractivity contribution in [2.45, 2.75) is 6.42 Å². The lowest BCUT2D eigenvalue weighted by atomic mass is 10.3. The van der Waals surface area contributed by atoms with Crippen LogP contribution in [-0.2, 0) is 0 Å². The summed E-state index contributed by atoms with van der Waals surface area (Å²) in [4.78, 5) is 9.94. The van der Waals surface area contributed by atoms with E-state index in [0.717, 1.165) is 0 Å². The van der Waals surface area contributed by atoms with Gasteiger partial charge in [-0.2, -0.15) is 0 Å². The predicted molar refractivity (Wildman–Crippen MR) is 52.0 cm³/mol. The van der Waals surface area contributed by atoms with Gasteiger partial charge >= 0.3 is 0 Å². The van der Waals surface area contributed by atoms with Crippen LogP contribution in [0.5, 0.6) is 5.75 Å². The number of nitro benzene ring substituents is 1. The number of ether oxygens (including phenoxy) is 1. The maximum atomic E-state index is 10.4. The van der Waals surface area contributed by atoms with Gasteiger partial charge in [-0.1, -0.05) is 6.07 Å².